The standard InChI is InChI=1S/C11H7Cl6N5/c12-4-1-5(7(14)6(13)2-4)8-9(18)20-10(19)22(21-8)3-11(15,16)17/h1-2H,3H2,(H3,18,19,20). The van der Waals surface area contributed by atoms with E-state index in [0.717, 1.165) is 4.68 Å². The van der Waals surface area contributed by atoms with Crippen LogP contribution in [0.25, 0.3) is 11.3 Å². The third kappa shape index (κ3) is 4.10. The van der Waals surface area contributed by atoms with Gasteiger partial charge in [0, 0.05) is 10.6 Å². The van der Waals surface area contributed by atoms with Crippen molar-refractivity contribution in [2.75, 3.05) is 5.73 Å². The lowest BCUT2D eigenvalue weighted by atomic mass is 10.1. The van der Waals surface area contributed by atoms with Gasteiger partial charge < -0.3 is 5.73 Å². The average molecular weight is 422 g/mol. The largest absolute Gasteiger partial charge is 0.382 e. The van der Waals surface area contributed by atoms with Crippen molar-refractivity contribution in [3.63, 3.8) is 0 Å². The highest BCUT2D eigenvalue weighted by atomic mass is 35.6. The first kappa shape index (κ1) is 17.9. The lowest BCUT2D eigenvalue weighted by molar-refractivity contribution is 0.554. The van der Waals surface area contributed by atoms with Crippen molar-refractivity contribution in [1.29, 1.82) is 5.41 Å². The van der Waals surface area contributed by atoms with Gasteiger partial charge >= 0.3 is 0 Å². The molecule has 2 rings (SSSR count). The van der Waals surface area contributed by atoms with Gasteiger partial charge in [0.1, 0.15) is 5.69 Å². The fraction of sp³-hybridized carbons (Fsp3) is 0.182. The van der Waals surface area contributed by atoms with Crippen LogP contribution >= 0.6 is 69.6 Å². The molecule has 0 spiro atoms. The molecule has 0 saturated carbocycles. The van der Waals surface area contributed by atoms with E-state index in [9.17, 15) is 0 Å². The highest BCUT2D eigenvalue weighted by Crippen LogP contribution is 2.37. The summed E-state index contributed by atoms with van der Waals surface area (Å²) in [5.74, 6) is -0.0224. The molecule has 1 aromatic heterocycles. The summed E-state index contributed by atoms with van der Waals surface area (Å²) in [5.41, 5.74) is 6.08. The van der Waals surface area contributed by atoms with Gasteiger partial charge in [0.2, 0.25) is 9.41 Å². The second-order valence-corrected chi connectivity index (χ2v) is 7.93. The Labute approximate surface area is 155 Å². The molecule has 0 atom stereocenters. The van der Waals surface area contributed by atoms with Crippen LogP contribution in [0, 0.1) is 5.41 Å². The lowest BCUT2D eigenvalue weighted by Crippen LogP contribution is -2.32. The zero-order chi connectivity index (χ0) is 16.7. The summed E-state index contributed by atoms with van der Waals surface area (Å²) in [6, 6.07) is 3.01. The van der Waals surface area contributed by atoms with Gasteiger partial charge in [-0.15, -0.1) is 0 Å². The molecule has 11 heteroatoms. The number of nitrogens with two attached hydrogens (primary N) is 1. The van der Waals surface area contributed by atoms with Gasteiger partial charge in [-0.25, -0.2) is 4.68 Å². The summed E-state index contributed by atoms with van der Waals surface area (Å²) in [6.45, 7) is -0.192. The predicted octanol–water partition coefficient (Wildman–Crippen LogP) is 4.34. The topological polar surface area (TPSA) is 80.6 Å². The Bertz CT molecular complexity index is 782. The van der Waals surface area contributed by atoms with Crippen LogP contribution in [0.4, 0.5) is 5.82 Å². The van der Waals surface area contributed by atoms with Crippen LogP contribution in [-0.4, -0.2) is 18.6 Å². The smallest absolute Gasteiger partial charge is 0.240 e. The number of hydrogen-bond acceptors (Lipinski definition) is 4. The number of halogens is 6. The van der Waals surface area contributed by atoms with E-state index in [1.165, 1.54) is 12.1 Å². The molecule has 1 heterocycles. The Morgan fingerprint density at radius 2 is 1.82 bits per heavy atom. The first-order valence-corrected chi connectivity index (χ1v) is 7.86. The summed E-state index contributed by atoms with van der Waals surface area (Å²) in [4.78, 5) is 3.86. The van der Waals surface area contributed by atoms with Gasteiger partial charge in [-0.1, -0.05) is 69.6 Å². The fourth-order valence-electron chi connectivity index (χ4n) is 1.64. The minimum absolute atomic E-state index is 0.0224. The third-order valence-corrected chi connectivity index (χ3v) is 3.89. The van der Waals surface area contributed by atoms with E-state index in [2.05, 4.69) is 10.1 Å². The number of rotatable bonds is 2. The number of anilines is 1. The summed E-state index contributed by atoms with van der Waals surface area (Å²) in [5, 5.41) is 12.7. The van der Waals surface area contributed by atoms with E-state index < -0.39 is 3.79 Å². The first-order valence-electron chi connectivity index (χ1n) is 5.59. The number of nitrogens with zero attached hydrogens (tertiary/aromatic N) is 3. The van der Waals surface area contributed by atoms with E-state index in [-0.39, 0.29) is 33.7 Å². The number of aromatic nitrogens is 3. The van der Waals surface area contributed by atoms with E-state index in [0.29, 0.717) is 10.6 Å². The zero-order valence-corrected chi connectivity index (χ0v) is 15.1. The first-order chi connectivity index (χ1) is 10.1. The lowest BCUT2D eigenvalue weighted by Gasteiger charge is -2.15. The van der Waals surface area contributed by atoms with Gasteiger partial charge in [-0.05, 0) is 12.1 Å². The molecule has 0 aliphatic heterocycles. The van der Waals surface area contributed by atoms with Crippen LogP contribution < -0.4 is 11.4 Å². The summed E-state index contributed by atoms with van der Waals surface area (Å²) < 4.78 is -0.567. The zero-order valence-electron chi connectivity index (χ0n) is 10.5. The fourth-order valence-corrected chi connectivity index (χ4v) is 2.68. The Morgan fingerprint density at radius 1 is 1.18 bits per heavy atom. The second kappa shape index (κ2) is 6.59. The Kier molecular flexibility index (Phi) is 5.37. The molecule has 1 aromatic carbocycles. The van der Waals surface area contributed by atoms with Crippen molar-refractivity contribution in [2.45, 2.75) is 10.3 Å². The van der Waals surface area contributed by atoms with E-state index in [1.807, 2.05) is 0 Å². The van der Waals surface area contributed by atoms with Crippen molar-refractivity contribution < 1.29 is 0 Å². The van der Waals surface area contributed by atoms with Crippen molar-refractivity contribution >= 4 is 75.4 Å². The van der Waals surface area contributed by atoms with Crippen LogP contribution in [0.5, 0.6) is 0 Å². The molecule has 0 unspecified atom stereocenters. The number of nitrogen functional groups attached to an aromatic ring is 1. The van der Waals surface area contributed by atoms with Crippen LogP contribution in [-0.2, 0) is 6.54 Å². The van der Waals surface area contributed by atoms with Gasteiger partial charge in [0.15, 0.2) is 5.82 Å². The summed E-state index contributed by atoms with van der Waals surface area (Å²) >= 11 is 35.3. The molecule has 0 bridgehead atoms. The molecule has 5 nitrogen and oxygen atoms in total. The van der Waals surface area contributed by atoms with Gasteiger partial charge in [0.25, 0.3) is 0 Å². The van der Waals surface area contributed by atoms with Crippen molar-refractivity contribution in [3.05, 3.63) is 32.8 Å². The predicted molar refractivity (Wildman–Crippen MR) is 91.0 cm³/mol. The second-order valence-electron chi connectivity index (χ2n) is 4.19. The third-order valence-electron chi connectivity index (χ3n) is 2.51. The number of hydrogen-bond donors (Lipinski definition) is 2. The van der Waals surface area contributed by atoms with Crippen LogP contribution in [0.2, 0.25) is 15.1 Å². The van der Waals surface area contributed by atoms with Gasteiger partial charge in [-0.2, -0.15) is 10.1 Å². The Morgan fingerprint density at radius 3 is 2.41 bits per heavy atom. The molecule has 0 saturated heterocycles. The molecule has 2 aromatic rings. The molecular weight excluding hydrogens is 415 g/mol. The van der Waals surface area contributed by atoms with Gasteiger partial charge in [-0.3, -0.25) is 5.41 Å². The Balaban J connectivity index is 2.66. The summed E-state index contributed by atoms with van der Waals surface area (Å²) in [6.07, 6.45) is 0. The van der Waals surface area contributed by atoms with Crippen LogP contribution in [0.15, 0.2) is 12.1 Å². The molecule has 0 radical (unpaired) electrons. The Hall–Kier alpha value is -0.430. The molecule has 22 heavy (non-hydrogen) atoms. The van der Waals surface area contributed by atoms with E-state index >= 15 is 0 Å². The van der Waals surface area contributed by atoms with Crippen LogP contribution in [0.1, 0.15) is 0 Å². The maximum absolute atomic E-state index is 7.74. The van der Waals surface area contributed by atoms with Crippen molar-refractivity contribution in [1.82, 2.24) is 14.8 Å². The van der Waals surface area contributed by atoms with Crippen LogP contribution in [0.3, 0.4) is 0 Å². The molecule has 3 N–H and O–H groups in total. The number of benzene rings is 1. The highest BCUT2D eigenvalue weighted by Gasteiger charge is 2.23. The van der Waals surface area contributed by atoms with E-state index in [1.54, 1.807) is 0 Å². The highest BCUT2D eigenvalue weighted by molar-refractivity contribution is 6.67. The molecular formula is C11H7Cl6N5. The molecule has 0 fully saturated rings. The number of nitrogens with one attached hydrogen (secondary N) is 1. The van der Waals surface area contributed by atoms with E-state index in [4.69, 9.17) is 80.7 Å². The molecule has 118 valence electrons. The number of alkyl halides is 3. The average Bonchev–Trinajstić information content (AvgIpc) is 2.36. The molecule has 0 aliphatic carbocycles. The minimum atomic E-state index is -1.65. The van der Waals surface area contributed by atoms with Crippen molar-refractivity contribution in [3.8, 4) is 11.3 Å². The van der Waals surface area contributed by atoms with Crippen molar-refractivity contribution in [2.24, 2.45) is 0 Å². The normalized spacial score (nSPS) is 11.7. The van der Waals surface area contributed by atoms with Gasteiger partial charge in [0.05, 0.1) is 16.6 Å². The maximum atomic E-state index is 7.74. The summed E-state index contributed by atoms with van der Waals surface area (Å²) in [7, 11) is 0. The maximum Gasteiger partial charge on any atom is 0.240 e. The SMILES string of the molecule is N=c1nc(N)c(-c2cc(Cl)cc(Cl)c2Cl)nn1CC(Cl)(Cl)Cl. The molecule has 0 aliphatic rings. The monoisotopic (exact) mass is 419 g/mol. The minimum Gasteiger partial charge on any atom is -0.382 e. The molecule has 0 amide bonds. The quantitative estimate of drug-likeness (QED) is 0.559.